The molecule has 1 aromatic rings. The molecule has 0 unspecified atom stereocenters. The average Bonchev–Trinajstić information content (AvgIpc) is 2.65. The van der Waals surface area contributed by atoms with Gasteiger partial charge in [-0.2, -0.15) is 0 Å². The Balaban J connectivity index is 2.42. The molecule has 0 saturated heterocycles. The van der Waals surface area contributed by atoms with Gasteiger partial charge in [-0.25, -0.2) is 0 Å². The molecule has 2 rings (SSSR count). The number of nitrogens with zero attached hydrogens (tertiary/aromatic N) is 1. The second-order valence-corrected chi connectivity index (χ2v) is 5.01. The Bertz CT molecular complexity index is 328. The zero-order chi connectivity index (χ0) is 10.9. The second kappa shape index (κ2) is 3.96. The summed E-state index contributed by atoms with van der Waals surface area (Å²) in [5.74, 6) is 0. The zero-order valence-corrected chi connectivity index (χ0v) is 10.1. The van der Waals surface area contributed by atoms with E-state index < -0.39 is 0 Å². The van der Waals surface area contributed by atoms with E-state index in [1.165, 1.54) is 49.1 Å². The predicted molar refractivity (Wildman–Crippen MR) is 64.1 cm³/mol. The van der Waals surface area contributed by atoms with Gasteiger partial charge in [0.15, 0.2) is 0 Å². The van der Waals surface area contributed by atoms with E-state index in [-0.39, 0.29) is 0 Å². The molecule has 1 heteroatoms. The largest absolute Gasteiger partial charge is 0.258 e. The first kappa shape index (κ1) is 10.7. The van der Waals surface area contributed by atoms with Crippen LogP contribution in [0.25, 0.3) is 0 Å². The van der Waals surface area contributed by atoms with Crippen molar-refractivity contribution < 1.29 is 0 Å². The summed E-state index contributed by atoms with van der Waals surface area (Å²) in [4.78, 5) is 4.76. The van der Waals surface area contributed by atoms with Gasteiger partial charge < -0.3 is 0 Å². The molecule has 0 aliphatic heterocycles. The van der Waals surface area contributed by atoms with Crippen molar-refractivity contribution in [1.29, 1.82) is 0 Å². The Morgan fingerprint density at radius 2 is 1.87 bits per heavy atom. The van der Waals surface area contributed by atoms with Gasteiger partial charge in [-0.15, -0.1) is 0 Å². The maximum Gasteiger partial charge on any atom is 0.0471 e. The van der Waals surface area contributed by atoms with Crippen molar-refractivity contribution in [3.8, 4) is 0 Å². The number of aryl methyl sites for hydroxylation is 2. The number of pyridine rings is 1. The minimum absolute atomic E-state index is 0.400. The van der Waals surface area contributed by atoms with Crippen LogP contribution in [0.1, 0.15) is 56.0 Å². The molecule has 1 fully saturated rings. The van der Waals surface area contributed by atoms with E-state index in [4.69, 9.17) is 4.98 Å². The molecule has 15 heavy (non-hydrogen) atoms. The lowest BCUT2D eigenvalue weighted by molar-refractivity contribution is 0.411. The van der Waals surface area contributed by atoms with Crippen LogP contribution in [0.15, 0.2) is 12.1 Å². The van der Waals surface area contributed by atoms with Crippen LogP contribution in [0, 0.1) is 13.8 Å². The van der Waals surface area contributed by atoms with Crippen LogP contribution >= 0.6 is 0 Å². The fourth-order valence-electron chi connectivity index (χ4n) is 2.96. The third-order valence-corrected chi connectivity index (χ3v) is 3.88. The first-order chi connectivity index (χ1) is 7.16. The highest BCUT2D eigenvalue weighted by molar-refractivity contribution is 5.26. The molecule has 0 atom stereocenters. The first-order valence-electron chi connectivity index (χ1n) is 6.12. The van der Waals surface area contributed by atoms with Gasteiger partial charge in [-0.1, -0.05) is 19.8 Å². The molecule has 1 aromatic heterocycles. The molecule has 0 bridgehead atoms. The van der Waals surface area contributed by atoms with Crippen molar-refractivity contribution in [2.24, 2.45) is 0 Å². The SMILES string of the molecule is CCC1(c2cc(C)cc(C)n2)CCCC1. The van der Waals surface area contributed by atoms with Crippen LogP contribution in [-0.4, -0.2) is 4.98 Å². The second-order valence-electron chi connectivity index (χ2n) is 5.01. The minimum atomic E-state index is 0.400. The van der Waals surface area contributed by atoms with E-state index in [9.17, 15) is 0 Å². The van der Waals surface area contributed by atoms with Crippen molar-refractivity contribution >= 4 is 0 Å². The number of hydrogen-bond donors (Lipinski definition) is 0. The summed E-state index contributed by atoms with van der Waals surface area (Å²) in [5, 5.41) is 0. The third-order valence-electron chi connectivity index (χ3n) is 3.88. The van der Waals surface area contributed by atoms with Crippen molar-refractivity contribution in [2.45, 2.75) is 58.3 Å². The molecule has 0 spiro atoms. The molecule has 1 nitrogen and oxygen atoms in total. The molecular weight excluding hydrogens is 182 g/mol. The molecule has 82 valence electrons. The van der Waals surface area contributed by atoms with Gasteiger partial charge >= 0.3 is 0 Å². The molecule has 1 aliphatic rings. The van der Waals surface area contributed by atoms with Crippen LogP contribution in [0.4, 0.5) is 0 Å². The highest BCUT2D eigenvalue weighted by atomic mass is 14.7. The van der Waals surface area contributed by atoms with Crippen molar-refractivity contribution in [2.75, 3.05) is 0 Å². The van der Waals surface area contributed by atoms with Crippen LogP contribution in [0.3, 0.4) is 0 Å². The Morgan fingerprint density at radius 1 is 1.20 bits per heavy atom. The maximum atomic E-state index is 4.76. The molecular formula is C14H21N. The summed E-state index contributed by atoms with van der Waals surface area (Å²) in [6, 6.07) is 4.46. The van der Waals surface area contributed by atoms with E-state index in [1.807, 2.05) is 0 Å². The van der Waals surface area contributed by atoms with Gasteiger partial charge in [-0.3, -0.25) is 4.98 Å². The van der Waals surface area contributed by atoms with E-state index in [1.54, 1.807) is 0 Å². The maximum absolute atomic E-state index is 4.76. The van der Waals surface area contributed by atoms with Crippen molar-refractivity contribution in [1.82, 2.24) is 4.98 Å². The van der Waals surface area contributed by atoms with Crippen molar-refractivity contribution in [3.05, 3.63) is 29.1 Å². The monoisotopic (exact) mass is 203 g/mol. The Labute approximate surface area is 92.9 Å². The Kier molecular flexibility index (Phi) is 2.81. The number of aromatic nitrogens is 1. The summed E-state index contributed by atoms with van der Waals surface area (Å²) in [5.41, 5.74) is 4.28. The van der Waals surface area contributed by atoms with E-state index in [0.29, 0.717) is 5.41 Å². The fourth-order valence-corrected chi connectivity index (χ4v) is 2.96. The van der Waals surface area contributed by atoms with Gasteiger partial charge in [-0.05, 0) is 50.8 Å². The van der Waals surface area contributed by atoms with Crippen LogP contribution < -0.4 is 0 Å². The lowest BCUT2D eigenvalue weighted by Gasteiger charge is -2.27. The average molecular weight is 203 g/mol. The molecule has 0 amide bonds. The van der Waals surface area contributed by atoms with Gasteiger partial charge in [0.1, 0.15) is 0 Å². The molecule has 0 radical (unpaired) electrons. The van der Waals surface area contributed by atoms with Gasteiger partial charge in [0.25, 0.3) is 0 Å². The quantitative estimate of drug-likeness (QED) is 0.710. The van der Waals surface area contributed by atoms with Crippen LogP contribution in [0.5, 0.6) is 0 Å². The predicted octanol–water partition coefficient (Wildman–Crippen LogP) is 3.92. The topological polar surface area (TPSA) is 12.9 Å². The first-order valence-corrected chi connectivity index (χ1v) is 6.12. The minimum Gasteiger partial charge on any atom is -0.258 e. The fraction of sp³-hybridized carbons (Fsp3) is 0.643. The molecule has 1 aliphatic carbocycles. The van der Waals surface area contributed by atoms with Gasteiger partial charge in [0, 0.05) is 16.8 Å². The van der Waals surface area contributed by atoms with E-state index in [2.05, 4.69) is 32.9 Å². The summed E-state index contributed by atoms with van der Waals surface area (Å²) >= 11 is 0. The normalized spacial score (nSPS) is 19.4. The van der Waals surface area contributed by atoms with Gasteiger partial charge in [0.05, 0.1) is 0 Å². The number of rotatable bonds is 2. The van der Waals surface area contributed by atoms with Crippen molar-refractivity contribution in [3.63, 3.8) is 0 Å². The van der Waals surface area contributed by atoms with Gasteiger partial charge in [0.2, 0.25) is 0 Å². The standard InChI is InChI=1S/C14H21N/c1-4-14(7-5-6-8-14)13-10-11(2)9-12(3)15-13/h9-10H,4-8H2,1-3H3. The number of hydrogen-bond acceptors (Lipinski definition) is 1. The summed E-state index contributed by atoms with van der Waals surface area (Å²) in [6.45, 7) is 6.59. The summed E-state index contributed by atoms with van der Waals surface area (Å²) < 4.78 is 0. The molecule has 0 N–H and O–H groups in total. The molecule has 1 saturated carbocycles. The highest BCUT2D eigenvalue weighted by Gasteiger charge is 2.35. The third kappa shape index (κ3) is 1.92. The lowest BCUT2D eigenvalue weighted by atomic mass is 9.79. The molecule has 0 aromatic carbocycles. The lowest BCUT2D eigenvalue weighted by Crippen LogP contribution is -2.22. The summed E-state index contributed by atoms with van der Waals surface area (Å²) in [6.07, 6.45) is 6.66. The van der Waals surface area contributed by atoms with E-state index in [0.717, 1.165) is 0 Å². The van der Waals surface area contributed by atoms with Crippen LogP contribution in [0.2, 0.25) is 0 Å². The smallest absolute Gasteiger partial charge is 0.0471 e. The Hall–Kier alpha value is -0.850. The zero-order valence-electron chi connectivity index (χ0n) is 10.1. The summed E-state index contributed by atoms with van der Waals surface area (Å²) in [7, 11) is 0. The highest BCUT2D eigenvalue weighted by Crippen LogP contribution is 2.42. The Morgan fingerprint density at radius 3 is 2.40 bits per heavy atom. The molecule has 1 heterocycles. The van der Waals surface area contributed by atoms with Crippen LogP contribution in [-0.2, 0) is 5.41 Å². The van der Waals surface area contributed by atoms with E-state index >= 15 is 0 Å².